The first-order valence-electron chi connectivity index (χ1n) is 8.36. The molecule has 0 amide bonds. The van der Waals surface area contributed by atoms with Crippen molar-refractivity contribution in [3.63, 3.8) is 0 Å². The molecule has 26 heavy (non-hydrogen) atoms. The molecule has 1 atom stereocenters. The summed E-state index contributed by atoms with van der Waals surface area (Å²) in [7, 11) is 2.18. The van der Waals surface area contributed by atoms with E-state index in [0.29, 0.717) is 0 Å². The molecule has 0 unspecified atom stereocenters. The molecule has 0 fully saturated rings. The average Bonchev–Trinajstić information content (AvgIpc) is 2.71. The Labute approximate surface area is 153 Å². The molecule has 1 heterocycles. The van der Waals surface area contributed by atoms with Crippen molar-refractivity contribution in [2.45, 2.75) is 0 Å². The predicted octanol–water partition coefficient (Wildman–Crippen LogP) is 4.05. The van der Waals surface area contributed by atoms with Crippen molar-refractivity contribution in [2.24, 2.45) is 0 Å². The quantitative estimate of drug-likeness (QED) is 0.657. The molecular formula is C21H20NO3P. The van der Waals surface area contributed by atoms with Gasteiger partial charge in [0.15, 0.2) is 0 Å². The maximum atomic E-state index is 14.4. The summed E-state index contributed by atoms with van der Waals surface area (Å²) >= 11 is 0. The lowest BCUT2D eigenvalue weighted by molar-refractivity contribution is 0.415. The van der Waals surface area contributed by atoms with Gasteiger partial charge in [0.05, 0.1) is 19.9 Å². The van der Waals surface area contributed by atoms with Gasteiger partial charge in [-0.15, -0.1) is 0 Å². The summed E-state index contributed by atoms with van der Waals surface area (Å²) in [6.45, 7) is 0. The van der Waals surface area contributed by atoms with Gasteiger partial charge in [0.2, 0.25) is 7.29 Å². The highest BCUT2D eigenvalue weighted by molar-refractivity contribution is 7.80. The molecular weight excluding hydrogens is 345 g/mol. The second-order valence-electron chi connectivity index (χ2n) is 6.20. The summed E-state index contributed by atoms with van der Waals surface area (Å²) < 4.78 is 26.9. The van der Waals surface area contributed by atoms with Gasteiger partial charge >= 0.3 is 0 Å². The van der Waals surface area contributed by atoms with Gasteiger partial charge in [0.1, 0.15) is 11.5 Å². The van der Waals surface area contributed by atoms with Gasteiger partial charge in [-0.1, -0.05) is 18.2 Å². The molecule has 0 N–H and O–H groups in total. The number of nitrogens with zero attached hydrogens (tertiary/aromatic N) is 1. The monoisotopic (exact) mass is 365 g/mol. The van der Waals surface area contributed by atoms with E-state index >= 15 is 0 Å². The van der Waals surface area contributed by atoms with Crippen molar-refractivity contribution in [3.05, 3.63) is 66.7 Å². The van der Waals surface area contributed by atoms with Gasteiger partial charge in [0, 0.05) is 23.2 Å². The third-order valence-electron chi connectivity index (χ3n) is 4.92. The highest BCUT2D eigenvalue weighted by Gasteiger charge is 2.39. The molecule has 4 rings (SSSR count). The third kappa shape index (κ3) is 2.33. The van der Waals surface area contributed by atoms with Crippen LogP contribution in [0.5, 0.6) is 11.5 Å². The van der Waals surface area contributed by atoms with Crippen LogP contribution < -0.4 is 24.8 Å². The predicted molar refractivity (Wildman–Crippen MR) is 107 cm³/mol. The van der Waals surface area contributed by atoms with Crippen LogP contribution in [0.15, 0.2) is 66.7 Å². The second kappa shape index (κ2) is 6.22. The Hall–Kier alpha value is -2.71. The van der Waals surface area contributed by atoms with Crippen LogP contribution >= 0.6 is 7.29 Å². The van der Waals surface area contributed by atoms with E-state index in [1.807, 2.05) is 78.4 Å². The normalized spacial score (nSPS) is 18.0. The van der Waals surface area contributed by atoms with Crippen molar-refractivity contribution in [3.8, 4) is 22.6 Å². The topological polar surface area (TPSA) is 38.8 Å². The SMILES string of the molecule is COc1ccc([P@@]2(=O)c3ccccc3-c3cc(OC)ccc3N2C)cc1. The molecule has 5 heteroatoms. The van der Waals surface area contributed by atoms with E-state index in [1.165, 1.54) is 0 Å². The molecule has 132 valence electrons. The van der Waals surface area contributed by atoms with Crippen LogP contribution in [0, 0.1) is 0 Å². The molecule has 0 spiro atoms. The number of hydrogen-bond donors (Lipinski definition) is 0. The zero-order valence-corrected chi connectivity index (χ0v) is 15.9. The zero-order chi connectivity index (χ0) is 18.3. The summed E-state index contributed by atoms with van der Waals surface area (Å²) in [4.78, 5) is 0. The largest absolute Gasteiger partial charge is 0.497 e. The van der Waals surface area contributed by atoms with Crippen LogP contribution in [0.25, 0.3) is 11.1 Å². The first-order valence-corrected chi connectivity index (χ1v) is 10.0. The summed E-state index contributed by atoms with van der Waals surface area (Å²) in [6, 6.07) is 21.3. The third-order valence-corrected chi connectivity index (χ3v) is 8.02. The minimum atomic E-state index is -3.00. The van der Waals surface area contributed by atoms with E-state index < -0.39 is 7.29 Å². The number of anilines is 1. The second-order valence-corrected chi connectivity index (χ2v) is 8.95. The lowest BCUT2D eigenvalue weighted by atomic mass is 10.0. The Morgan fingerprint density at radius 3 is 2.15 bits per heavy atom. The fraction of sp³-hybridized carbons (Fsp3) is 0.143. The smallest absolute Gasteiger partial charge is 0.230 e. The Balaban J connectivity index is 1.98. The highest BCUT2D eigenvalue weighted by atomic mass is 31.2. The number of ether oxygens (including phenoxy) is 2. The Morgan fingerprint density at radius 1 is 0.808 bits per heavy atom. The molecule has 1 aliphatic heterocycles. The van der Waals surface area contributed by atoms with Gasteiger partial charge in [-0.2, -0.15) is 0 Å². The van der Waals surface area contributed by atoms with Crippen molar-refractivity contribution in [2.75, 3.05) is 25.9 Å². The first kappa shape index (κ1) is 16.7. The number of methoxy groups -OCH3 is 2. The minimum absolute atomic E-state index is 0.749. The Bertz CT molecular complexity index is 1010. The van der Waals surface area contributed by atoms with E-state index in [0.717, 1.165) is 38.9 Å². The number of benzene rings is 3. The first-order chi connectivity index (χ1) is 12.6. The van der Waals surface area contributed by atoms with Gasteiger partial charge < -0.3 is 14.1 Å². The average molecular weight is 365 g/mol. The molecule has 0 saturated heterocycles. The van der Waals surface area contributed by atoms with Crippen LogP contribution in [-0.2, 0) is 4.57 Å². The maximum Gasteiger partial charge on any atom is 0.230 e. The fourth-order valence-corrected chi connectivity index (χ4v) is 6.30. The van der Waals surface area contributed by atoms with Crippen LogP contribution in [0.2, 0.25) is 0 Å². The molecule has 0 aromatic heterocycles. The summed E-state index contributed by atoms with van der Waals surface area (Å²) in [5.41, 5.74) is 2.95. The highest BCUT2D eigenvalue weighted by Crippen LogP contribution is 2.57. The lowest BCUT2D eigenvalue weighted by Gasteiger charge is -2.37. The van der Waals surface area contributed by atoms with E-state index in [1.54, 1.807) is 14.2 Å². The molecule has 4 nitrogen and oxygen atoms in total. The maximum absolute atomic E-state index is 14.4. The summed E-state index contributed by atoms with van der Waals surface area (Å²) in [6.07, 6.45) is 0. The number of rotatable bonds is 3. The van der Waals surface area contributed by atoms with Crippen molar-refractivity contribution >= 4 is 23.6 Å². The van der Waals surface area contributed by atoms with Crippen LogP contribution in [0.3, 0.4) is 0 Å². The van der Waals surface area contributed by atoms with Crippen LogP contribution in [-0.4, -0.2) is 21.3 Å². The number of fused-ring (bicyclic) bond motifs is 3. The molecule has 3 aromatic carbocycles. The zero-order valence-electron chi connectivity index (χ0n) is 15.0. The molecule has 0 radical (unpaired) electrons. The number of hydrogen-bond acceptors (Lipinski definition) is 3. The van der Waals surface area contributed by atoms with E-state index in [-0.39, 0.29) is 0 Å². The van der Waals surface area contributed by atoms with Crippen molar-refractivity contribution < 1.29 is 14.0 Å². The molecule has 1 aliphatic rings. The van der Waals surface area contributed by atoms with Crippen molar-refractivity contribution in [1.82, 2.24) is 0 Å². The van der Waals surface area contributed by atoms with Gasteiger partial charge in [0.25, 0.3) is 0 Å². The van der Waals surface area contributed by atoms with E-state index in [9.17, 15) is 4.57 Å². The van der Waals surface area contributed by atoms with E-state index in [4.69, 9.17) is 9.47 Å². The van der Waals surface area contributed by atoms with Crippen LogP contribution in [0.4, 0.5) is 5.69 Å². The molecule has 3 aromatic rings. The minimum Gasteiger partial charge on any atom is -0.497 e. The fourth-order valence-electron chi connectivity index (χ4n) is 3.52. The lowest BCUT2D eigenvalue weighted by Crippen LogP contribution is -2.33. The Kier molecular flexibility index (Phi) is 4.01. The standard InChI is InChI=1S/C21H20NO3P/c1-22-20-13-10-16(25-3)14-19(20)18-6-4-5-7-21(18)26(22,23)17-11-8-15(24-2)9-12-17/h4-14H,1-3H3/t26-/m1/s1. The van der Waals surface area contributed by atoms with Crippen molar-refractivity contribution in [1.29, 1.82) is 0 Å². The summed E-state index contributed by atoms with van der Waals surface area (Å²) in [5, 5.41) is 1.63. The summed E-state index contributed by atoms with van der Waals surface area (Å²) in [5.74, 6) is 1.53. The molecule has 0 saturated carbocycles. The van der Waals surface area contributed by atoms with E-state index in [2.05, 4.69) is 0 Å². The van der Waals surface area contributed by atoms with Gasteiger partial charge in [-0.25, -0.2) is 0 Å². The van der Waals surface area contributed by atoms with Crippen LogP contribution in [0.1, 0.15) is 0 Å². The Morgan fingerprint density at radius 2 is 1.46 bits per heavy atom. The van der Waals surface area contributed by atoms with Gasteiger partial charge in [-0.3, -0.25) is 4.57 Å². The molecule has 0 bridgehead atoms. The molecule has 0 aliphatic carbocycles. The van der Waals surface area contributed by atoms with Gasteiger partial charge in [-0.05, 0) is 54.1 Å².